The van der Waals surface area contributed by atoms with Gasteiger partial charge in [-0.15, -0.1) is 11.3 Å². The van der Waals surface area contributed by atoms with Crippen LogP contribution in [-0.4, -0.2) is 35.4 Å². The molecule has 0 saturated heterocycles. The molecule has 0 saturated carbocycles. The molecule has 0 N–H and O–H groups in total. The number of hydrogen-bond donors (Lipinski definition) is 0. The first-order valence-electron chi connectivity index (χ1n) is 9.99. The number of methoxy groups -OCH3 is 2. The maximum Gasteiger partial charge on any atom is 0.262 e. The molecule has 2 heterocycles. The van der Waals surface area contributed by atoms with E-state index in [1.165, 1.54) is 11.8 Å². The Hall–Kier alpha value is -2.39. The van der Waals surface area contributed by atoms with Crippen molar-refractivity contribution in [3.8, 4) is 16.3 Å². The molecule has 0 aliphatic heterocycles. The van der Waals surface area contributed by atoms with Gasteiger partial charge in [-0.2, -0.15) is 0 Å². The summed E-state index contributed by atoms with van der Waals surface area (Å²) in [6.45, 7) is 1.11. The lowest BCUT2D eigenvalue weighted by molar-refractivity contribution is 0.189. The van der Waals surface area contributed by atoms with Gasteiger partial charge >= 0.3 is 0 Å². The summed E-state index contributed by atoms with van der Waals surface area (Å²) < 4.78 is 12.2. The normalized spacial score (nSPS) is 11.2. The van der Waals surface area contributed by atoms with Crippen LogP contribution in [-0.2, 0) is 17.0 Å². The predicted octanol–water partition coefficient (Wildman–Crippen LogP) is 5.51. The van der Waals surface area contributed by atoms with Gasteiger partial charge < -0.3 is 9.47 Å². The van der Waals surface area contributed by atoms with Crippen molar-refractivity contribution in [2.75, 3.05) is 20.8 Å². The Morgan fingerprint density at radius 2 is 2.03 bits per heavy atom. The second-order valence-corrected chi connectivity index (χ2v) is 9.26. The number of thioether (sulfide) groups is 1. The van der Waals surface area contributed by atoms with Crippen molar-refractivity contribution in [1.29, 1.82) is 0 Å². The molecule has 0 unspecified atom stereocenters. The second-order valence-electron chi connectivity index (χ2n) is 7.02. The van der Waals surface area contributed by atoms with Gasteiger partial charge in [0.15, 0.2) is 5.16 Å². The van der Waals surface area contributed by atoms with E-state index >= 15 is 0 Å². The molecule has 0 aliphatic rings. The van der Waals surface area contributed by atoms with Crippen LogP contribution in [0.2, 0.25) is 5.02 Å². The van der Waals surface area contributed by atoms with Gasteiger partial charge in [0.25, 0.3) is 5.56 Å². The Balaban J connectivity index is 1.60. The van der Waals surface area contributed by atoms with Gasteiger partial charge in [0.05, 0.1) is 23.7 Å². The number of aromatic nitrogens is 3. The van der Waals surface area contributed by atoms with E-state index in [1.54, 1.807) is 48.3 Å². The number of ether oxygens (including phenoxy) is 2. The molecule has 9 heteroatoms. The Morgan fingerprint density at radius 1 is 1.16 bits per heavy atom. The molecule has 0 aliphatic carbocycles. The largest absolute Gasteiger partial charge is 0.497 e. The van der Waals surface area contributed by atoms with Crippen LogP contribution >= 0.6 is 34.7 Å². The molecule has 2 aromatic heterocycles. The zero-order valence-electron chi connectivity index (χ0n) is 17.7. The number of halogens is 1. The highest BCUT2D eigenvalue weighted by Gasteiger charge is 2.14. The molecule has 0 spiro atoms. The minimum atomic E-state index is -0.0689. The van der Waals surface area contributed by atoms with Gasteiger partial charge in [0, 0.05) is 42.0 Å². The van der Waals surface area contributed by atoms with Crippen molar-refractivity contribution in [3.05, 3.63) is 68.9 Å². The van der Waals surface area contributed by atoms with Gasteiger partial charge in [-0.25, -0.2) is 9.97 Å². The van der Waals surface area contributed by atoms with Crippen molar-refractivity contribution < 1.29 is 9.47 Å². The van der Waals surface area contributed by atoms with E-state index < -0.39 is 0 Å². The molecule has 0 fully saturated rings. The number of rotatable bonds is 9. The average molecular weight is 488 g/mol. The van der Waals surface area contributed by atoms with E-state index in [4.69, 9.17) is 31.0 Å². The molecule has 0 atom stereocenters. The predicted molar refractivity (Wildman–Crippen MR) is 131 cm³/mol. The lowest BCUT2D eigenvalue weighted by Gasteiger charge is -2.12. The molecule has 0 bridgehead atoms. The fraction of sp³-hybridized carbons (Fsp3) is 0.261. The summed E-state index contributed by atoms with van der Waals surface area (Å²) in [6, 6.07) is 13.0. The van der Waals surface area contributed by atoms with Crippen molar-refractivity contribution in [2.45, 2.75) is 23.9 Å². The van der Waals surface area contributed by atoms with Crippen LogP contribution in [0.25, 0.3) is 21.5 Å². The van der Waals surface area contributed by atoms with Crippen LogP contribution in [0.5, 0.6) is 5.75 Å². The van der Waals surface area contributed by atoms with Crippen LogP contribution in [0.1, 0.15) is 12.1 Å². The Morgan fingerprint density at radius 3 is 2.84 bits per heavy atom. The Bertz CT molecular complexity index is 1290. The van der Waals surface area contributed by atoms with E-state index in [9.17, 15) is 4.79 Å². The van der Waals surface area contributed by atoms with Gasteiger partial charge in [-0.05, 0) is 36.8 Å². The quantitative estimate of drug-likeness (QED) is 0.176. The van der Waals surface area contributed by atoms with E-state index in [1.807, 2.05) is 29.6 Å². The first kappa shape index (κ1) is 22.8. The van der Waals surface area contributed by atoms with Crippen LogP contribution in [0.4, 0.5) is 0 Å². The molecule has 6 nitrogen and oxygen atoms in total. The fourth-order valence-electron chi connectivity index (χ4n) is 3.25. The number of fused-ring (bicyclic) bond motifs is 1. The summed E-state index contributed by atoms with van der Waals surface area (Å²) in [5, 5.41) is 4.73. The molecule has 32 heavy (non-hydrogen) atoms. The van der Waals surface area contributed by atoms with E-state index in [2.05, 4.69) is 0 Å². The third-order valence-electron chi connectivity index (χ3n) is 4.83. The monoisotopic (exact) mass is 487 g/mol. The van der Waals surface area contributed by atoms with Crippen molar-refractivity contribution in [3.63, 3.8) is 0 Å². The van der Waals surface area contributed by atoms with E-state index in [0.29, 0.717) is 40.0 Å². The number of benzene rings is 2. The summed E-state index contributed by atoms with van der Waals surface area (Å²) in [5.41, 5.74) is 2.48. The number of thiazole rings is 1. The molecule has 4 aromatic rings. The molecular formula is C23H22ClN3O3S2. The second kappa shape index (κ2) is 10.5. The van der Waals surface area contributed by atoms with Gasteiger partial charge in [0.2, 0.25) is 0 Å². The van der Waals surface area contributed by atoms with Gasteiger partial charge in [0.1, 0.15) is 10.8 Å². The first-order chi connectivity index (χ1) is 15.6. The molecule has 166 valence electrons. The van der Waals surface area contributed by atoms with Crippen molar-refractivity contribution >= 4 is 45.6 Å². The lowest BCUT2D eigenvalue weighted by Crippen LogP contribution is -2.24. The summed E-state index contributed by atoms with van der Waals surface area (Å²) >= 11 is 9.21. The summed E-state index contributed by atoms with van der Waals surface area (Å²) in [6.07, 6.45) is 0.724. The van der Waals surface area contributed by atoms with E-state index in [-0.39, 0.29) is 5.56 Å². The fourth-order valence-corrected chi connectivity index (χ4v) is 5.25. The number of hydrogen-bond acceptors (Lipinski definition) is 7. The third kappa shape index (κ3) is 5.15. The highest BCUT2D eigenvalue weighted by Crippen LogP contribution is 2.29. The highest BCUT2D eigenvalue weighted by molar-refractivity contribution is 7.98. The zero-order valence-corrected chi connectivity index (χ0v) is 20.1. The van der Waals surface area contributed by atoms with Crippen LogP contribution in [0, 0.1) is 0 Å². The average Bonchev–Trinajstić information content (AvgIpc) is 3.28. The van der Waals surface area contributed by atoms with E-state index in [0.717, 1.165) is 28.4 Å². The first-order valence-corrected chi connectivity index (χ1v) is 12.2. The topological polar surface area (TPSA) is 66.2 Å². The molecule has 2 aromatic carbocycles. The standard InChI is InChI=1S/C23H22ClN3O3S2/c1-29-10-4-9-27-22(28)19-8-7-16(24)12-20(19)26-23(27)32-14-17-13-31-21(25-17)15-5-3-6-18(11-15)30-2/h3,5-8,11-13H,4,9-10,14H2,1-2H3. The van der Waals surface area contributed by atoms with Gasteiger partial charge in [-0.1, -0.05) is 35.5 Å². The van der Waals surface area contributed by atoms with Crippen LogP contribution in [0.15, 0.2) is 57.8 Å². The third-order valence-corrected chi connectivity index (χ3v) is 7.02. The van der Waals surface area contributed by atoms with Crippen LogP contribution < -0.4 is 10.3 Å². The lowest BCUT2D eigenvalue weighted by atomic mass is 10.2. The maximum absolute atomic E-state index is 13.1. The SMILES string of the molecule is COCCCn1c(SCc2csc(-c3cccc(OC)c3)n2)nc2cc(Cl)ccc2c1=O. The molecule has 4 rings (SSSR count). The van der Waals surface area contributed by atoms with Gasteiger partial charge in [-0.3, -0.25) is 9.36 Å². The highest BCUT2D eigenvalue weighted by atomic mass is 35.5. The molecule has 0 amide bonds. The summed E-state index contributed by atoms with van der Waals surface area (Å²) in [4.78, 5) is 22.6. The minimum absolute atomic E-state index is 0.0689. The van der Waals surface area contributed by atoms with Crippen molar-refractivity contribution in [1.82, 2.24) is 14.5 Å². The summed E-state index contributed by atoms with van der Waals surface area (Å²) in [7, 11) is 3.31. The Kier molecular flexibility index (Phi) is 7.47. The molecular weight excluding hydrogens is 466 g/mol. The zero-order chi connectivity index (χ0) is 22.5. The minimum Gasteiger partial charge on any atom is -0.497 e. The Labute approximate surface area is 199 Å². The smallest absolute Gasteiger partial charge is 0.262 e. The van der Waals surface area contributed by atoms with Crippen LogP contribution in [0.3, 0.4) is 0 Å². The number of nitrogens with zero attached hydrogens (tertiary/aromatic N) is 3. The van der Waals surface area contributed by atoms with Crippen molar-refractivity contribution in [2.24, 2.45) is 0 Å². The maximum atomic E-state index is 13.1. The summed E-state index contributed by atoms with van der Waals surface area (Å²) in [5.74, 6) is 1.40. The molecule has 0 radical (unpaired) electrons.